The third-order valence-corrected chi connectivity index (χ3v) is 3.66. The van der Waals surface area contributed by atoms with Gasteiger partial charge in [-0.3, -0.25) is 14.6 Å². The minimum Gasteiger partial charge on any atom is -0.388 e. The highest BCUT2D eigenvalue weighted by Crippen LogP contribution is 2.30. The van der Waals surface area contributed by atoms with E-state index < -0.39 is 41.9 Å². The Morgan fingerprint density at radius 2 is 1.89 bits per heavy atom. The van der Waals surface area contributed by atoms with Crippen LogP contribution >= 0.6 is 0 Å². The number of pyridine rings is 1. The summed E-state index contributed by atoms with van der Waals surface area (Å²) in [6, 6.07) is 8.21. The third-order valence-electron chi connectivity index (χ3n) is 3.66. The number of benzene rings is 1. The van der Waals surface area contributed by atoms with Crippen molar-refractivity contribution in [2.75, 3.05) is 5.32 Å². The Labute approximate surface area is 152 Å². The zero-order valence-corrected chi connectivity index (χ0v) is 13.8. The second kappa shape index (κ2) is 8.42. The molecule has 27 heavy (non-hydrogen) atoms. The van der Waals surface area contributed by atoms with Gasteiger partial charge in [0, 0.05) is 24.5 Å². The molecule has 1 heterocycles. The standard InChI is InChI=1S/C18H14F3N3O3/c19-18(20,21)12-3-5-13(6-4-12)24-17(27)14(9-22)16(26)8-15(25)11-2-1-7-23-10-11/h1-7,10,14-15,25H,8H2,(H,24,27). The predicted molar refractivity (Wildman–Crippen MR) is 88.0 cm³/mol. The average Bonchev–Trinajstić information content (AvgIpc) is 2.62. The van der Waals surface area contributed by atoms with Gasteiger partial charge >= 0.3 is 6.18 Å². The molecule has 0 aliphatic heterocycles. The molecule has 1 amide bonds. The first-order chi connectivity index (χ1) is 12.7. The summed E-state index contributed by atoms with van der Waals surface area (Å²) in [6.45, 7) is 0. The van der Waals surface area contributed by atoms with Crippen LogP contribution in [0.1, 0.15) is 23.7 Å². The molecule has 0 saturated carbocycles. The van der Waals surface area contributed by atoms with Crippen molar-refractivity contribution in [3.8, 4) is 6.07 Å². The van der Waals surface area contributed by atoms with E-state index in [-0.39, 0.29) is 5.69 Å². The van der Waals surface area contributed by atoms with Crippen molar-refractivity contribution < 1.29 is 27.9 Å². The number of nitriles is 1. The molecule has 0 aliphatic rings. The van der Waals surface area contributed by atoms with E-state index in [0.717, 1.165) is 24.3 Å². The number of aromatic nitrogens is 1. The Bertz CT molecular complexity index is 846. The van der Waals surface area contributed by atoms with Gasteiger partial charge in [0.2, 0.25) is 5.91 Å². The van der Waals surface area contributed by atoms with Crippen LogP contribution in [0.3, 0.4) is 0 Å². The molecular weight excluding hydrogens is 363 g/mol. The number of aliphatic hydroxyl groups is 1. The van der Waals surface area contributed by atoms with Gasteiger partial charge in [0.15, 0.2) is 11.7 Å². The lowest BCUT2D eigenvalue weighted by atomic mass is 9.97. The number of nitrogens with one attached hydrogen (secondary N) is 1. The van der Waals surface area contributed by atoms with Crippen LogP contribution in [0.5, 0.6) is 0 Å². The Balaban J connectivity index is 2.02. The van der Waals surface area contributed by atoms with Crippen LogP contribution in [0.25, 0.3) is 0 Å². The van der Waals surface area contributed by atoms with Crippen LogP contribution in [-0.2, 0) is 15.8 Å². The van der Waals surface area contributed by atoms with Gasteiger partial charge in [-0.25, -0.2) is 0 Å². The fourth-order valence-electron chi connectivity index (χ4n) is 2.23. The van der Waals surface area contributed by atoms with Crippen molar-refractivity contribution in [3.05, 3.63) is 59.9 Å². The largest absolute Gasteiger partial charge is 0.416 e. The molecule has 140 valence electrons. The SMILES string of the molecule is N#CC(C(=O)CC(O)c1cccnc1)C(=O)Nc1ccc(C(F)(F)F)cc1. The maximum Gasteiger partial charge on any atom is 0.416 e. The zero-order chi connectivity index (χ0) is 20.0. The lowest BCUT2D eigenvalue weighted by molar-refractivity contribution is -0.137. The monoisotopic (exact) mass is 377 g/mol. The summed E-state index contributed by atoms with van der Waals surface area (Å²) in [5.41, 5.74) is -0.535. The van der Waals surface area contributed by atoms with Crippen molar-refractivity contribution in [2.45, 2.75) is 18.7 Å². The van der Waals surface area contributed by atoms with E-state index in [1.807, 2.05) is 0 Å². The number of ketones is 1. The summed E-state index contributed by atoms with van der Waals surface area (Å²) in [5, 5.41) is 21.3. The van der Waals surface area contributed by atoms with Crippen LogP contribution in [-0.4, -0.2) is 21.8 Å². The number of rotatable bonds is 6. The second-order valence-electron chi connectivity index (χ2n) is 5.60. The molecule has 0 spiro atoms. The molecular formula is C18H14F3N3O3. The van der Waals surface area contributed by atoms with E-state index >= 15 is 0 Å². The van der Waals surface area contributed by atoms with Crippen LogP contribution in [0.4, 0.5) is 18.9 Å². The molecule has 0 fully saturated rings. The van der Waals surface area contributed by atoms with E-state index in [2.05, 4.69) is 10.3 Å². The molecule has 2 N–H and O–H groups in total. The smallest absolute Gasteiger partial charge is 0.388 e. The quantitative estimate of drug-likeness (QED) is 0.754. The summed E-state index contributed by atoms with van der Waals surface area (Å²) in [7, 11) is 0. The van der Waals surface area contributed by atoms with Gasteiger partial charge < -0.3 is 10.4 Å². The normalized spacial score (nSPS) is 13.3. The fraction of sp³-hybridized carbons (Fsp3) is 0.222. The van der Waals surface area contributed by atoms with Crippen molar-refractivity contribution in [1.29, 1.82) is 5.26 Å². The number of halogens is 3. The molecule has 6 nitrogen and oxygen atoms in total. The van der Waals surface area contributed by atoms with Gasteiger partial charge in [-0.2, -0.15) is 18.4 Å². The van der Waals surface area contributed by atoms with Gasteiger partial charge in [0.05, 0.1) is 17.7 Å². The number of nitrogens with zero attached hydrogens (tertiary/aromatic N) is 2. The minimum atomic E-state index is -4.52. The highest BCUT2D eigenvalue weighted by Gasteiger charge is 2.31. The summed E-state index contributed by atoms with van der Waals surface area (Å²) in [5.74, 6) is -3.52. The number of aliphatic hydroxyl groups excluding tert-OH is 1. The Hall–Kier alpha value is -3.25. The summed E-state index contributed by atoms with van der Waals surface area (Å²) in [4.78, 5) is 28.1. The van der Waals surface area contributed by atoms with Crippen LogP contribution < -0.4 is 5.32 Å². The molecule has 0 bridgehead atoms. The third kappa shape index (κ3) is 5.36. The number of carbonyl (C=O) groups excluding carboxylic acids is 2. The summed E-state index contributed by atoms with van der Waals surface area (Å²) >= 11 is 0. The second-order valence-corrected chi connectivity index (χ2v) is 5.60. The highest BCUT2D eigenvalue weighted by atomic mass is 19.4. The molecule has 1 aromatic carbocycles. The number of hydrogen-bond acceptors (Lipinski definition) is 5. The lowest BCUT2D eigenvalue weighted by Gasteiger charge is -2.13. The first-order valence-corrected chi connectivity index (χ1v) is 7.71. The minimum absolute atomic E-state index is 0.00820. The fourth-order valence-corrected chi connectivity index (χ4v) is 2.23. The van der Waals surface area contributed by atoms with Gasteiger partial charge in [-0.15, -0.1) is 0 Å². The molecule has 0 aliphatic carbocycles. The molecule has 2 aromatic rings. The molecule has 9 heteroatoms. The van der Waals surface area contributed by atoms with E-state index in [0.29, 0.717) is 5.56 Å². The highest BCUT2D eigenvalue weighted by molar-refractivity contribution is 6.09. The van der Waals surface area contributed by atoms with Crippen molar-refractivity contribution in [3.63, 3.8) is 0 Å². The van der Waals surface area contributed by atoms with Crippen LogP contribution in [0.15, 0.2) is 48.8 Å². The van der Waals surface area contributed by atoms with E-state index in [4.69, 9.17) is 5.26 Å². The first kappa shape index (κ1) is 20.1. The molecule has 0 saturated heterocycles. The maximum absolute atomic E-state index is 12.5. The summed E-state index contributed by atoms with van der Waals surface area (Å²) in [6.07, 6.45) is -3.41. The van der Waals surface area contributed by atoms with Crippen molar-refractivity contribution >= 4 is 17.4 Å². The maximum atomic E-state index is 12.5. The van der Waals surface area contributed by atoms with Gasteiger partial charge in [-0.05, 0) is 35.9 Å². The Morgan fingerprint density at radius 3 is 2.41 bits per heavy atom. The Kier molecular flexibility index (Phi) is 6.26. The van der Waals surface area contributed by atoms with Crippen LogP contribution in [0, 0.1) is 17.2 Å². The topological polar surface area (TPSA) is 103 Å². The number of Topliss-reactive ketones (excluding diaryl/α,β-unsaturated/α-hetero) is 1. The average molecular weight is 377 g/mol. The van der Waals surface area contributed by atoms with E-state index in [1.54, 1.807) is 12.1 Å². The van der Waals surface area contributed by atoms with Crippen molar-refractivity contribution in [2.24, 2.45) is 5.92 Å². The zero-order valence-electron chi connectivity index (χ0n) is 13.8. The molecule has 1 aromatic heterocycles. The molecule has 2 unspecified atom stereocenters. The van der Waals surface area contributed by atoms with E-state index in [9.17, 15) is 27.9 Å². The molecule has 0 radical (unpaired) electrons. The number of carbonyl (C=O) groups is 2. The van der Waals surface area contributed by atoms with Crippen molar-refractivity contribution in [1.82, 2.24) is 4.98 Å². The summed E-state index contributed by atoms with van der Waals surface area (Å²) < 4.78 is 37.6. The first-order valence-electron chi connectivity index (χ1n) is 7.71. The number of hydrogen-bond donors (Lipinski definition) is 2. The predicted octanol–water partition coefficient (Wildman–Crippen LogP) is 2.87. The lowest BCUT2D eigenvalue weighted by Crippen LogP contribution is -2.29. The van der Waals surface area contributed by atoms with Gasteiger partial charge in [-0.1, -0.05) is 6.07 Å². The molecule has 2 atom stereocenters. The molecule has 2 rings (SSSR count). The Morgan fingerprint density at radius 1 is 1.22 bits per heavy atom. The van der Waals surface area contributed by atoms with E-state index in [1.165, 1.54) is 18.5 Å². The van der Waals surface area contributed by atoms with Gasteiger partial charge in [0.1, 0.15) is 0 Å². The number of amides is 1. The number of anilines is 1. The number of alkyl halides is 3. The van der Waals surface area contributed by atoms with Crippen LogP contribution in [0.2, 0.25) is 0 Å². The van der Waals surface area contributed by atoms with Gasteiger partial charge in [0.25, 0.3) is 0 Å².